The summed E-state index contributed by atoms with van der Waals surface area (Å²) in [5, 5.41) is 3.10. The highest BCUT2D eigenvalue weighted by atomic mass is 16.1. The van der Waals surface area contributed by atoms with Crippen LogP contribution in [0.5, 0.6) is 0 Å². The Balaban J connectivity index is 2.18. The van der Waals surface area contributed by atoms with Gasteiger partial charge in [-0.3, -0.25) is 4.79 Å². The first kappa shape index (κ1) is 18.1. The van der Waals surface area contributed by atoms with E-state index >= 15 is 0 Å². The molecule has 2 aromatic rings. The third-order valence-corrected chi connectivity index (χ3v) is 4.55. The highest BCUT2D eigenvalue weighted by Crippen LogP contribution is 2.27. The number of nitrogens with one attached hydrogen (secondary N) is 1. The van der Waals surface area contributed by atoms with Gasteiger partial charge in [-0.25, -0.2) is 0 Å². The van der Waals surface area contributed by atoms with E-state index in [1.54, 1.807) is 0 Å². The van der Waals surface area contributed by atoms with E-state index in [1.165, 1.54) is 11.3 Å². The molecule has 2 rings (SSSR count). The standard InChI is InChI=1S/C21H28N2O/c1-7-23(6)19-11-16(4)21(17(5)12-19)22-20(24)13-18-10-14(2)8-9-15(18)3/h8-12H,7,13H2,1-6H3,(H,22,24). The van der Waals surface area contributed by atoms with Gasteiger partial charge in [0.2, 0.25) is 5.91 Å². The maximum atomic E-state index is 12.5. The Hall–Kier alpha value is -2.29. The Labute approximate surface area is 145 Å². The quantitative estimate of drug-likeness (QED) is 0.874. The first-order chi connectivity index (χ1) is 11.3. The fourth-order valence-corrected chi connectivity index (χ4v) is 2.89. The van der Waals surface area contributed by atoms with Gasteiger partial charge < -0.3 is 10.2 Å². The molecule has 0 spiro atoms. The molecule has 24 heavy (non-hydrogen) atoms. The summed E-state index contributed by atoms with van der Waals surface area (Å²) in [6.07, 6.45) is 0.406. The van der Waals surface area contributed by atoms with E-state index in [1.807, 2.05) is 20.8 Å². The number of nitrogens with zero attached hydrogens (tertiary/aromatic N) is 1. The van der Waals surface area contributed by atoms with Gasteiger partial charge in [-0.1, -0.05) is 23.8 Å². The number of benzene rings is 2. The van der Waals surface area contributed by atoms with Gasteiger partial charge in [-0.2, -0.15) is 0 Å². The topological polar surface area (TPSA) is 32.3 Å². The van der Waals surface area contributed by atoms with Crippen LogP contribution in [0.15, 0.2) is 30.3 Å². The van der Waals surface area contributed by atoms with E-state index in [0.29, 0.717) is 6.42 Å². The van der Waals surface area contributed by atoms with Crippen LogP contribution in [0.4, 0.5) is 11.4 Å². The van der Waals surface area contributed by atoms with Gasteiger partial charge in [0, 0.05) is 25.0 Å². The normalized spacial score (nSPS) is 10.6. The van der Waals surface area contributed by atoms with Gasteiger partial charge in [-0.15, -0.1) is 0 Å². The second kappa shape index (κ2) is 7.52. The van der Waals surface area contributed by atoms with E-state index in [-0.39, 0.29) is 5.91 Å². The Morgan fingerprint density at radius 1 is 1.00 bits per heavy atom. The molecule has 3 heteroatoms. The molecule has 0 aliphatic heterocycles. The Morgan fingerprint density at radius 2 is 1.62 bits per heavy atom. The zero-order valence-electron chi connectivity index (χ0n) is 15.7. The molecule has 2 aromatic carbocycles. The van der Waals surface area contributed by atoms with Crippen LogP contribution >= 0.6 is 0 Å². The summed E-state index contributed by atoms with van der Waals surface area (Å²) >= 11 is 0. The van der Waals surface area contributed by atoms with Crippen molar-refractivity contribution in [2.24, 2.45) is 0 Å². The second-order valence-corrected chi connectivity index (χ2v) is 6.62. The van der Waals surface area contributed by atoms with Crippen molar-refractivity contribution >= 4 is 17.3 Å². The number of rotatable bonds is 5. The molecule has 1 N–H and O–H groups in total. The molecule has 0 saturated heterocycles. The summed E-state index contributed by atoms with van der Waals surface area (Å²) in [4.78, 5) is 14.7. The lowest BCUT2D eigenvalue weighted by Gasteiger charge is -2.21. The largest absolute Gasteiger partial charge is 0.375 e. The number of carbonyl (C=O) groups excluding carboxylic acids is 1. The molecule has 0 fully saturated rings. The predicted molar refractivity (Wildman–Crippen MR) is 103 cm³/mol. The van der Waals surface area contributed by atoms with Crippen LogP contribution in [-0.2, 0) is 11.2 Å². The number of carbonyl (C=O) groups is 1. The summed E-state index contributed by atoms with van der Waals surface area (Å²) in [6, 6.07) is 10.5. The highest BCUT2D eigenvalue weighted by molar-refractivity contribution is 5.94. The van der Waals surface area contributed by atoms with E-state index in [9.17, 15) is 4.79 Å². The summed E-state index contributed by atoms with van der Waals surface area (Å²) in [5.41, 5.74) is 7.73. The van der Waals surface area contributed by atoms with Crippen LogP contribution in [0.25, 0.3) is 0 Å². The SMILES string of the molecule is CCN(C)c1cc(C)c(NC(=O)Cc2cc(C)ccc2C)c(C)c1. The zero-order chi connectivity index (χ0) is 17.9. The Morgan fingerprint density at radius 3 is 2.21 bits per heavy atom. The molecule has 0 aromatic heterocycles. The smallest absolute Gasteiger partial charge is 0.228 e. The summed E-state index contributed by atoms with van der Waals surface area (Å²) < 4.78 is 0. The molecule has 0 bridgehead atoms. The molecular weight excluding hydrogens is 296 g/mol. The van der Waals surface area contributed by atoms with Crippen LogP contribution in [0.2, 0.25) is 0 Å². The first-order valence-electron chi connectivity index (χ1n) is 8.50. The van der Waals surface area contributed by atoms with E-state index < -0.39 is 0 Å². The van der Waals surface area contributed by atoms with Gasteiger partial charge in [0.15, 0.2) is 0 Å². The lowest BCUT2D eigenvalue weighted by Crippen LogP contribution is -2.19. The fraction of sp³-hybridized carbons (Fsp3) is 0.381. The average Bonchev–Trinajstić information content (AvgIpc) is 2.53. The zero-order valence-corrected chi connectivity index (χ0v) is 15.7. The fourth-order valence-electron chi connectivity index (χ4n) is 2.89. The number of anilines is 2. The first-order valence-corrected chi connectivity index (χ1v) is 8.50. The van der Waals surface area contributed by atoms with Crippen LogP contribution in [0.1, 0.15) is 34.7 Å². The van der Waals surface area contributed by atoms with Crippen molar-refractivity contribution in [2.45, 2.75) is 41.0 Å². The molecule has 0 unspecified atom stereocenters. The monoisotopic (exact) mass is 324 g/mol. The lowest BCUT2D eigenvalue weighted by molar-refractivity contribution is -0.115. The third-order valence-electron chi connectivity index (χ3n) is 4.55. The van der Waals surface area contributed by atoms with Gasteiger partial charge in [0.05, 0.1) is 6.42 Å². The molecule has 128 valence electrons. The molecular formula is C21H28N2O. The van der Waals surface area contributed by atoms with E-state index in [2.05, 4.69) is 61.4 Å². The van der Waals surface area contributed by atoms with E-state index in [0.717, 1.165) is 34.5 Å². The second-order valence-electron chi connectivity index (χ2n) is 6.62. The van der Waals surface area contributed by atoms with Crippen LogP contribution in [0, 0.1) is 27.7 Å². The van der Waals surface area contributed by atoms with Crippen molar-refractivity contribution in [3.05, 3.63) is 58.1 Å². The van der Waals surface area contributed by atoms with Crippen molar-refractivity contribution in [1.29, 1.82) is 0 Å². The number of hydrogen-bond acceptors (Lipinski definition) is 2. The minimum absolute atomic E-state index is 0.0338. The van der Waals surface area contributed by atoms with Crippen molar-refractivity contribution in [2.75, 3.05) is 23.8 Å². The summed E-state index contributed by atoms with van der Waals surface area (Å²) in [7, 11) is 2.08. The molecule has 0 heterocycles. The Bertz CT molecular complexity index is 726. The van der Waals surface area contributed by atoms with Crippen molar-refractivity contribution in [3.63, 3.8) is 0 Å². The van der Waals surface area contributed by atoms with Crippen molar-refractivity contribution in [1.82, 2.24) is 0 Å². The maximum Gasteiger partial charge on any atom is 0.228 e. The van der Waals surface area contributed by atoms with Crippen LogP contribution in [-0.4, -0.2) is 19.5 Å². The average molecular weight is 324 g/mol. The summed E-state index contributed by atoms with van der Waals surface area (Å²) in [5.74, 6) is 0.0338. The lowest BCUT2D eigenvalue weighted by atomic mass is 10.0. The molecule has 1 amide bonds. The third kappa shape index (κ3) is 4.16. The Kier molecular flexibility index (Phi) is 5.66. The number of aryl methyl sites for hydroxylation is 4. The van der Waals surface area contributed by atoms with Crippen molar-refractivity contribution < 1.29 is 4.79 Å². The van der Waals surface area contributed by atoms with Gasteiger partial charge in [0.1, 0.15) is 0 Å². The van der Waals surface area contributed by atoms with Gasteiger partial charge in [-0.05, 0) is 69.0 Å². The molecule has 0 radical (unpaired) electrons. The predicted octanol–water partition coefficient (Wildman–Crippen LogP) is 4.56. The molecule has 0 aliphatic rings. The van der Waals surface area contributed by atoms with Gasteiger partial charge >= 0.3 is 0 Å². The van der Waals surface area contributed by atoms with Crippen LogP contribution < -0.4 is 10.2 Å². The molecule has 0 aliphatic carbocycles. The van der Waals surface area contributed by atoms with Crippen LogP contribution in [0.3, 0.4) is 0 Å². The number of hydrogen-bond donors (Lipinski definition) is 1. The van der Waals surface area contributed by atoms with Crippen molar-refractivity contribution in [3.8, 4) is 0 Å². The summed E-state index contributed by atoms with van der Waals surface area (Å²) in [6.45, 7) is 11.3. The minimum Gasteiger partial charge on any atom is -0.375 e. The molecule has 0 saturated carbocycles. The van der Waals surface area contributed by atoms with E-state index in [4.69, 9.17) is 0 Å². The number of amides is 1. The maximum absolute atomic E-state index is 12.5. The van der Waals surface area contributed by atoms with Gasteiger partial charge in [0.25, 0.3) is 0 Å². The molecule has 3 nitrogen and oxygen atoms in total. The molecule has 0 atom stereocenters. The minimum atomic E-state index is 0.0338. The highest BCUT2D eigenvalue weighted by Gasteiger charge is 2.12.